The summed E-state index contributed by atoms with van der Waals surface area (Å²) in [4.78, 5) is 28.7. The molecule has 0 aliphatic rings. The highest BCUT2D eigenvalue weighted by Gasteiger charge is 2.21. The molecule has 0 atom stereocenters. The van der Waals surface area contributed by atoms with Crippen LogP contribution in [0.1, 0.15) is 23.0 Å². The molecule has 0 aliphatic carbocycles. The van der Waals surface area contributed by atoms with E-state index in [0.717, 1.165) is 5.56 Å². The number of carbonyl (C=O) groups is 2. The van der Waals surface area contributed by atoms with Gasteiger partial charge in [-0.05, 0) is 38.1 Å². The highest BCUT2D eigenvalue weighted by molar-refractivity contribution is 6.00. The zero-order valence-corrected chi connectivity index (χ0v) is 14.6. The lowest BCUT2D eigenvalue weighted by atomic mass is 10.2. The summed E-state index contributed by atoms with van der Waals surface area (Å²) in [6, 6.07) is 12.7. The summed E-state index contributed by atoms with van der Waals surface area (Å²) in [7, 11) is 0. The molecule has 0 bridgehead atoms. The third kappa shape index (κ3) is 3.83. The Morgan fingerprint density at radius 1 is 1.15 bits per heavy atom. The van der Waals surface area contributed by atoms with E-state index in [9.17, 15) is 9.59 Å². The Balaban J connectivity index is 1.78. The standard InChI is InChI=1S/C19H19N3O4/c1-3-25-19(24)17-18(22-11-5-4-6-15(22)20-17)21-16(23)12-26-14-9-7-13(2)8-10-14/h4-11H,3,12H2,1-2H3,(H,21,23). The molecule has 26 heavy (non-hydrogen) atoms. The molecule has 7 heteroatoms. The lowest BCUT2D eigenvalue weighted by Crippen LogP contribution is -2.22. The van der Waals surface area contributed by atoms with Crippen molar-refractivity contribution in [3.05, 3.63) is 59.9 Å². The van der Waals surface area contributed by atoms with Gasteiger partial charge in [-0.3, -0.25) is 9.20 Å². The largest absolute Gasteiger partial charge is 0.484 e. The first-order valence-corrected chi connectivity index (χ1v) is 8.22. The highest BCUT2D eigenvalue weighted by atomic mass is 16.5. The van der Waals surface area contributed by atoms with Crippen LogP contribution in [0.5, 0.6) is 5.75 Å². The molecule has 0 saturated carbocycles. The van der Waals surface area contributed by atoms with E-state index < -0.39 is 11.9 Å². The van der Waals surface area contributed by atoms with Gasteiger partial charge in [0.2, 0.25) is 0 Å². The minimum atomic E-state index is -0.592. The number of imidazole rings is 1. The molecule has 7 nitrogen and oxygen atoms in total. The van der Waals surface area contributed by atoms with Crippen LogP contribution in [0.4, 0.5) is 5.82 Å². The lowest BCUT2D eigenvalue weighted by Gasteiger charge is -2.09. The second-order valence-corrected chi connectivity index (χ2v) is 5.61. The fraction of sp³-hybridized carbons (Fsp3) is 0.211. The van der Waals surface area contributed by atoms with Crippen LogP contribution >= 0.6 is 0 Å². The van der Waals surface area contributed by atoms with Gasteiger partial charge in [0.1, 0.15) is 11.4 Å². The zero-order valence-electron chi connectivity index (χ0n) is 14.6. The summed E-state index contributed by atoms with van der Waals surface area (Å²) in [5.74, 6) is -0.140. The molecule has 3 rings (SSSR count). The van der Waals surface area contributed by atoms with E-state index in [-0.39, 0.29) is 24.7 Å². The number of hydrogen-bond acceptors (Lipinski definition) is 5. The summed E-state index contributed by atoms with van der Waals surface area (Å²) in [6.07, 6.45) is 1.71. The third-order valence-electron chi connectivity index (χ3n) is 3.65. The normalized spacial score (nSPS) is 10.5. The second kappa shape index (κ2) is 7.69. The second-order valence-electron chi connectivity index (χ2n) is 5.61. The van der Waals surface area contributed by atoms with Gasteiger partial charge in [-0.2, -0.15) is 0 Å². The Morgan fingerprint density at radius 3 is 2.65 bits per heavy atom. The summed E-state index contributed by atoms with van der Waals surface area (Å²) in [5, 5.41) is 2.69. The van der Waals surface area contributed by atoms with E-state index in [1.165, 1.54) is 0 Å². The van der Waals surface area contributed by atoms with Crippen molar-refractivity contribution >= 4 is 23.3 Å². The Bertz CT molecular complexity index is 932. The van der Waals surface area contributed by atoms with Crippen molar-refractivity contribution in [1.82, 2.24) is 9.38 Å². The highest BCUT2D eigenvalue weighted by Crippen LogP contribution is 2.19. The first kappa shape index (κ1) is 17.5. The molecule has 2 heterocycles. The van der Waals surface area contributed by atoms with Gasteiger partial charge in [-0.1, -0.05) is 23.8 Å². The van der Waals surface area contributed by atoms with E-state index in [2.05, 4.69) is 10.3 Å². The Hall–Kier alpha value is -3.35. The smallest absolute Gasteiger partial charge is 0.360 e. The minimum absolute atomic E-state index is 0.0572. The van der Waals surface area contributed by atoms with Gasteiger partial charge in [0.25, 0.3) is 5.91 Å². The van der Waals surface area contributed by atoms with Crippen molar-refractivity contribution in [2.75, 3.05) is 18.5 Å². The van der Waals surface area contributed by atoms with Crippen LogP contribution in [-0.2, 0) is 9.53 Å². The molecule has 2 aromatic heterocycles. The number of esters is 1. The topological polar surface area (TPSA) is 81.9 Å². The molecule has 1 N–H and O–H groups in total. The number of nitrogens with one attached hydrogen (secondary N) is 1. The quantitative estimate of drug-likeness (QED) is 0.689. The first-order valence-electron chi connectivity index (χ1n) is 8.22. The van der Waals surface area contributed by atoms with Crippen LogP contribution in [0.15, 0.2) is 48.7 Å². The number of hydrogen-bond donors (Lipinski definition) is 1. The van der Waals surface area contributed by atoms with E-state index in [0.29, 0.717) is 11.4 Å². The molecule has 1 amide bonds. The monoisotopic (exact) mass is 353 g/mol. The van der Waals surface area contributed by atoms with Crippen LogP contribution in [0.25, 0.3) is 5.65 Å². The molecule has 0 spiro atoms. The summed E-state index contributed by atoms with van der Waals surface area (Å²) < 4.78 is 12.1. The molecule has 0 fully saturated rings. The molecule has 3 aromatic rings. The number of carbonyl (C=O) groups excluding carboxylic acids is 2. The Morgan fingerprint density at radius 2 is 1.92 bits per heavy atom. The zero-order chi connectivity index (χ0) is 18.5. The molecule has 0 aliphatic heterocycles. The third-order valence-corrected chi connectivity index (χ3v) is 3.65. The van der Waals surface area contributed by atoms with Crippen LogP contribution in [0.2, 0.25) is 0 Å². The van der Waals surface area contributed by atoms with Gasteiger partial charge < -0.3 is 14.8 Å². The number of benzene rings is 1. The van der Waals surface area contributed by atoms with Crippen molar-refractivity contribution in [2.24, 2.45) is 0 Å². The molecule has 0 saturated heterocycles. The fourth-order valence-corrected chi connectivity index (χ4v) is 2.41. The minimum Gasteiger partial charge on any atom is -0.484 e. The van der Waals surface area contributed by atoms with Crippen molar-refractivity contribution in [2.45, 2.75) is 13.8 Å². The summed E-state index contributed by atoms with van der Waals surface area (Å²) >= 11 is 0. The SMILES string of the molecule is CCOC(=O)c1nc2ccccn2c1NC(=O)COc1ccc(C)cc1. The maximum absolute atomic E-state index is 12.3. The fourth-order valence-electron chi connectivity index (χ4n) is 2.41. The molecule has 1 aromatic carbocycles. The van der Waals surface area contributed by atoms with Gasteiger partial charge in [-0.25, -0.2) is 9.78 Å². The van der Waals surface area contributed by atoms with Gasteiger partial charge >= 0.3 is 5.97 Å². The Labute approximate surface area is 150 Å². The summed E-state index contributed by atoms with van der Waals surface area (Å²) in [6.45, 7) is 3.71. The lowest BCUT2D eigenvalue weighted by molar-refractivity contribution is -0.118. The van der Waals surface area contributed by atoms with Gasteiger partial charge in [-0.15, -0.1) is 0 Å². The van der Waals surface area contributed by atoms with Crippen LogP contribution in [-0.4, -0.2) is 34.5 Å². The number of aryl methyl sites for hydroxylation is 1. The van der Waals surface area contributed by atoms with Crippen molar-refractivity contribution in [3.8, 4) is 5.75 Å². The number of anilines is 1. The van der Waals surface area contributed by atoms with E-state index in [1.807, 2.05) is 19.1 Å². The average Bonchev–Trinajstić information content (AvgIpc) is 3.00. The van der Waals surface area contributed by atoms with Gasteiger partial charge in [0, 0.05) is 6.20 Å². The van der Waals surface area contributed by atoms with Crippen LogP contribution in [0.3, 0.4) is 0 Å². The van der Waals surface area contributed by atoms with Crippen molar-refractivity contribution in [1.29, 1.82) is 0 Å². The first-order chi connectivity index (χ1) is 12.6. The molecular weight excluding hydrogens is 334 g/mol. The summed E-state index contributed by atoms with van der Waals surface area (Å²) in [5.41, 5.74) is 1.69. The number of pyridine rings is 1. The van der Waals surface area contributed by atoms with Crippen LogP contribution in [0, 0.1) is 6.92 Å². The maximum Gasteiger partial charge on any atom is 0.360 e. The number of fused-ring (bicyclic) bond motifs is 1. The molecule has 0 unspecified atom stereocenters. The molecule has 134 valence electrons. The Kier molecular flexibility index (Phi) is 5.17. The van der Waals surface area contributed by atoms with Gasteiger partial charge in [0.05, 0.1) is 6.61 Å². The molecular formula is C19H19N3O4. The van der Waals surface area contributed by atoms with Crippen molar-refractivity contribution in [3.63, 3.8) is 0 Å². The number of aromatic nitrogens is 2. The van der Waals surface area contributed by atoms with Crippen molar-refractivity contribution < 1.29 is 19.1 Å². The number of rotatable bonds is 6. The number of amides is 1. The van der Waals surface area contributed by atoms with Gasteiger partial charge in [0.15, 0.2) is 18.1 Å². The van der Waals surface area contributed by atoms with Crippen LogP contribution < -0.4 is 10.1 Å². The predicted molar refractivity (Wildman–Crippen MR) is 96.5 cm³/mol. The predicted octanol–water partition coefficient (Wildman–Crippen LogP) is 2.84. The maximum atomic E-state index is 12.3. The van der Waals surface area contributed by atoms with E-state index in [4.69, 9.17) is 9.47 Å². The average molecular weight is 353 g/mol. The number of nitrogens with zero attached hydrogens (tertiary/aromatic N) is 2. The van der Waals surface area contributed by atoms with E-state index in [1.54, 1.807) is 47.9 Å². The number of ether oxygens (including phenoxy) is 2. The van der Waals surface area contributed by atoms with E-state index >= 15 is 0 Å². The molecule has 0 radical (unpaired) electrons.